The number of rotatable bonds is 8. The van der Waals surface area contributed by atoms with Crippen molar-refractivity contribution in [2.45, 2.75) is 37.5 Å². The van der Waals surface area contributed by atoms with E-state index >= 15 is 0 Å². The van der Waals surface area contributed by atoms with Gasteiger partial charge in [0.15, 0.2) is 0 Å². The van der Waals surface area contributed by atoms with E-state index in [1.54, 1.807) is 24.5 Å². The van der Waals surface area contributed by atoms with Crippen LogP contribution in [0.1, 0.15) is 48.0 Å². The van der Waals surface area contributed by atoms with E-state index < -0.39 is 0 Å². The van der Waals surface area contributed by atoms with Gasteiger partial charge in [-0.25, -0.2) is 9.37 Å². The van der Waals surface area contributed by atoms with Crippen molar-refractivity contribution in [3.63, 3.8) is 0 Å². The number of hydrogen-bond donors (Lipinski definition) is 1. The van der Waals surface area contributed by atoms with Crippen LogP contribution in [0.5, 0.6) is 0 Å². The topological polar surface area (TPSA) is 65.4 Å². The van der Waals surface area contributed by atoms with E-state index in [-0.39, 0.29) is 24.1 Å². The zero-order chi connectivity index (χ0) is 23.6. The van der Waals surface area contributed by atoms with Crippen molar-refractivity contribution < 1.29 is 4.39 Å². The minimum atomic E-state index is -0.290. The fourth-order valence-electron chi connectivity index (χ4n) is 3.93. The van der Waals surface area contributed by atoms with Crippen molar-refractivity contribution in [3.05, 3.63) is 108 Å². The molecule has 0 radical (unpaired) electrons. The number of pyridine rings is 1. The highest BCUT2D eigenvalue weighted by Crippen LogP contribution is 2.26. The molecule has 168 valence electrons. The first-order valence-electron chi connectivity index (χ1n) is 11.3. The third-order valence-corrected chi connectivity index (χ3v) is 5.81. The minimum absolute atomic E-state index is 0.227. The fraction of sp³-hybridized carbons (Fsp3) is 0.207. The van der Waals surface area contributed by atoms with E-state index in [0.717, 1.165) is 35.5 Å². The van der Waals surface area contributed by atoms with Gasteiger partial charge < -0.3 is 4.98 Å². The molecule has 0 spiro atoms. The number of hydrogen-bond acceptors (Lipinski definition) is 3. The fourth-order valence-corrected chi connectivity index (χ4v) is 3.93. The quantitative estimate of drug-likeness (QED) is 0.316. The second kappa shape index (κ2) is 11.6. The molecule has 2 aromatic carbocycles. The third-order valence-electron chi connectivity index (χ3n) is 5.81. The summed E-state index contributed by atoms with van der Waals surface area (Å²) in [4.78, 5) is 12.0. The number of benzene rings is 2. The Labute approximate surface area is 199 Å². The number of nitrogens with zero attached hydrogens (tertiary/aromatic N) is 3. The Kier molecular flexibility index (Phi) is 7.82. The van der Waals surface area contributed by atoms with Crippen LogP contribution in [0, 0.1) is 29.0 Å². The Morgan fingerprint density at radius 2 is 1.68 bits per heavy atom. The summed E-state index contributed by atoms with van der Waals surface area (Å²) in [5.41, 5.74) is 4.14. The number of halogens is 1. The van der Waals surface area contributed by atoms with Crippen molar-refractivity contribution >= 4 is 0 Å². The molecular weight excluding hydrogens is 423 g/mol. The highest BCUT2D eigenvalue weighted by molar-refractivity contribution is 5.57. The van der Waals surface area contributed by atoms with Crippen LogP contribution < -0.4 is 0 Å². The molecule has 4 nitrogen and oxygen atoms in total. The van der Waals surface area contributed by atoms with E-state index in [1.807, 2.05) is 36.5 Å². The molecule has 0 fully saturated rings. The van der Waals surface area contributed by atoms with E-state index in [9.17, 15) is 9.65 Å². The monoisotopic (exact) mass is 448 g/mol. The molecule has 0 aliphatic rings. The van der Waals surface area contributed by atoms with Gasteiger partial charge in [-0.15, -0.1) is 5.92 Å². The number of H-pyrrole nitrogens is 1. The summed E-state index contributed by atoms with van der Waals surface area (Å²) >= 11 is 0. The molecule has 4 rings (SSSR count). The van der Waals surface area contributed by atoms with Crippen LogP contribution in [0.25, 0.3) is 11.3 Å². The minimum Gasteiger partial charge on any atom is -0.342 e. The Balaban J connectivity index is 1.47. The predicted molar refractivity (Wildman–Crippen MR) is 131 cm³/mol. The molecule has 5 heteroatoms. The van der Waals surface area contributed by atoms with Crippen molar-refractivity contribution in [3.8, 4) is 29.2 Å². The summed E-state index contributed by atoms with van der Waals surface area (Å²) in [6.45, 7) is 0. The van der Waals surface area contributed by atoms with Crippen LogP contribution in [0.2, 0.25) is 0 Å². The smallest absolute Gasteiger partial charge is 0.123 e. The van der Waals surface area contributed by atoms with Crippen LogP contribution >= 0.6 is 0 Å². The lowest BCUT2D eigenvalue weighted by Gasteiger charge is -2.14. The normalized spacial score (nSPS) is 12.2. The van der Waals surface area contributed by atoms with E-state index in [0.29, 0.717) is 6.42 Å². The summed E-state index contributed by atoms with van der Waals surface area (Å²) in [5, 5.41) is 9.23. The molecule has 0 aliphatic heterocycles. The molecule has 2 aromatic heterocycles. The van der Waals surface area contributed by atoms with Gasteiger partial charge in [0, 0.05) is 30.8 Å². The second-order valence-electron chi connectivity index (χ2n) is 8.12. The molecule has 0 aliphatic carbocycles. The zero-order valence-corrected chi connectivity index (χ0v) is 18.8. The van der Waals surface area contributed by atoms with Crippen LogP contribution in [0.15, 0.2) is 85.3 Å². The number of nitrogens with one attached hydrogen (secondary N) is 1. The lowest BCUT2D eigenvalue weighted by Crippen LogP contribution is -2.02. The standard InChI is InChI=1S/C29H25FN4/c30-27-12-9-25(10-13-27)24(15-18-31)8-4-7-23(22-5-2-1-3-6-22)11-14-29-33-21-28(34-29)26-16-19-32-20-17-26/h1-3,5-6,9-10,12-13,16-17,19-21,23-24H,7,11,14-15H2,(H,33,34). The van der Waals surface area contributed by atoms with Gasteiger partial charge in [-0.1, -0.05) is 48.4 Å². The summed E-state index contributed by atoms with van der Waals surface area (Å²) in [5.74, 6) is 7.23. The average Bonchev–Trinajstić information content (AvgIpc) is 3.36. The highest BCUT2D eigenvalue weighted by Gasteiger charge is 2.13. The Morgan fingerprint density at radius 3 is 2.41 bits per heavy atom. The van der Waals surface area contributed by atoms with E-state index in [1.165, 1.54) is 17.7 Å². The molecule has 0 saturated heterocycles. The van der Waals surface area contributed by atoms with Crippen LogP contribution in [0.4, 0.5) is 4.39 Å². The Hall–Kier alpha value is -4.22. The number of aromatic amines is 1. The van der Waals surface area contributed by atoms with Gasteiger partial charge in [-0.05, 0) is 47.7 Å². The maximum absolute atomic E-state index is 13.3. The van der Waals surface area contributed by atoms with Gasteiger partial charge >= 0.3 is 0 Å². The Morgan fingerprint density at radius 1 is 0.912 bits per heavy atom. The molecule has 2 unspecified atom stereocenters. The summed E-state index contributed by atoms with van der Waals surface area (Å²) in [6, 6.07) is 22.7. The summed E-state index contributed by atoms with van der Waals surface area (Å²) in [6.07, 6.45) is 8.03. The van der Waals surface area contributed by atoms with Crippen molar-refractivity contribution in [2.75, 3.05) is 0 Å². The lowest BCUT2D eigenvalue weighted by atomic mass is 9.90. The molecule has 0 amide bonds. The molecule has 2 atom stereocenters. The van der Waals surface area contributed by atoms with Crippen molar-refractivity contribution in [1.82, 2.24) is 15.0 Å². The van der Waals surface area contributed by atoms with Gasteiger partial charge in [0.1, 0.15) is 11.6 Å². The maximum atomic E-state index is 13.3. The molecule has 0 saturated carbocycles. The molecule has 4 aromatic rings. The summed E-state index contributed by atoms with van der Waals surface area (Å²) < 4.78 is 13.3. The van der Waals surface area contributed by atoms with Gasteiger partial charge in [0.05, 0.1) is 30.3 Å². The number of nitriles is 1. The van der Waals surface area contributed by atoms with Gasteiger partial charge in [0.25, 0.3) is 0 Å². The lowest BCUT2D eigenvalue weighted by molar-refractivity contribution is 0.626. The molecule has 0 bridgehead atoms. The molecule has 34 heavy (non-hydrogen) atoms. The van der Waals surface area contributed by atoms with Crippen molar-refractivity contribution in [2.24, 2.45) is 0 Å². The molecular formula is C29H25FN4. The molecule has 1 N–H and O–H groups in total. The summed E-state index contributed by atoms with van der Waals surface area (Å²) in [7, 11) is 0. The second-order valence-corrected chi connectivity index (χ2v) is 8.12. The number of aromatic nitrogens is 3. The first-order chi connectivity index (χ1) is 16.7. The molecule has 2 heterocycles. The van der Waals surface area contributed by atoms with Gasteiger partial charge in [-0.3, -0.25) is 4.98 Å². The SMILES string of the molecule is N#CCC(C#CCC(CCc1ncc(-c2ccncc2)[nH]1)c1ccccc1)c1ccc(F)cc1. The van der Waals surface area contributed by atoms with Crippen LogP contribution in [-0.4, -0.2) is 15.0 Å². The largest absolute Gasteiger partial charge is 0.342 e. The highest BCUT2D eigenvalue weighted by atomic mass is 19.1. The number of imidazole rings is 1. The van der Waals surface area contributed by atoms with Gasteiger partial charge in [0.2, 0.25) is 0 Å². The van der Waals surface area contributed by atoms with E-state index in [4.69, 9.17) is 0 Å². The van der Waals surface area contributed by atoms with Gasteiger partial charge in [-0.2, -0.15) is 5.26 Å². The predicted octanol–water partition coefficient (Wildman–Crippen LogP) is 6.42. The first kappa shape index (κ1) is 23.0. The van der Waals surface area contributed by atoms with E-state index in [2.05, 4.69) is 45.0 Å². The Bertz CT molecular complexity index is 1280. The van der Waals surface area contributed by atoms with Crippen molar-refractivity contribution in [1.29, 1.82) is 5.26 Å². The number of aryl methyl sites for hydroxylation is 1. The average molecular weight is 449 g/mol. The third kappa shape index (κ3) is 6.18. The maximum Gasteiger partial charge on any atom is 0.123 e. The zero-order valence-electron chi connectivity index (χ0n) is 18.8. The van der Waals surface area contributed by atoms with Crippen LogP contribution in [-0.2, 0) is 6.42 Å². The van der Waals surface area contributed by atoms with Crippen LogP contribution in [0.3, 0.4) is 0 Å². The first-order valence-corrected chi connectivity index (χ1v) is 11.3.